The fourth-order valence-electron chi connectivity index (χ4n) is 1.49. The second kappa shape index (κ2) is 2.71. The van der Waals surface area contributed by atoms with Gasteiger partial charge in [-0.3, -0.25) is 0 Å². The molecule has 1 aromatic carbocycles. The zero-order valence-corrected chi connectivity index (χ0v) is 8.97. The van der Waals surface area contributed by atoms with E-state index in [9.17, 15) is 0 Å². The molecule has 0 amide bonds. The van der Waals surface area contributed by atoms with Crippen LogP contribution in [0.25, 0.3) is 19.5 Å². The van der Waals surface area contributed by atoms with Crippen LogP contribution in [0.5, 0.6) is 0 Å². The Morgan fingerprint density at radius 1 is 1.00 bits per heavy atom. The van der Waals surface area contributed by atoms with Crippen LogP contribution in [0.2, 0.25) is 4.34 Å². The highest BCUT2D eigenvalue weighted by atomic mass is 35.5. The van der Waals surface area contributed by atoms with Crippen molar-refractivity contribution in [2.75, 3.05) is 0 Å². The molecule has 0 atom stereocenters. The summed E-state index contributed by atoms with van der Waals surface area (Å²) in [5.41, 5.74) is 0. The first-order valence-corrected chi connectivity index (χ1v) is 5.92. The Kier molecular flexibility index (Phi) is 1.62. The van der Waals surface area contributed by atoms with Crippen LogP contribution < -0.4 is 0 Å². The number of fused-ring (bicyclic) bond motifs is 3. The average molecular weight is 225 g/mol. The van der Waals surface area contributed by atoms with E-state index in [4.69, 9.17) is 11.6 Å². The monoisotopic (exact) mass is 224 g/mol. The number of benzene rings is 1. The van der Waals surface area contributed by atoms with Crippen LogP contribution in [0, 0.1) is 0 Å². The summed E-state index contributed by atoms with van der Waals surface area (Å²) in [5, 5.41) is 2.63. The summed E-state index contributed by atoms with van der Waals surface area (Å²) in [4.78, 5) is 0. The topological polar surface area (TPSA) is 0 Å². The van der Waals surface area contributed by atoms with Gasteiger partial charge < -0.3 is 0 Å². The van der Waals surface area contributed by atoms with E-state index >= 15 is 0 Å². The molecule has 0 bridgehead atoms. The molecule has 0 radical (unpaired) electrons. The predicted octanol–water partition coefficient (Wildman–Crippen LogP) is 4.77. The fraction of sp³-hybridized carbons (Fsp3) is 0. The predicted molar refractivity (Wildman–Crippen MR) is 62.2 cm³/mol. The van der Waals surface area contributed by atoms with Crippen molar-refractivity contribution in [2.24, 2.45) is 0 Å². The van der Waals surface area contributed by atoms with Crippen LogP contribution in [0.4, 0.5) is 0 Å². The normalized spacial score (nSPS) is 11.5. The van der Waals surface area contributed by atoms with E-state index in [2.05, 4.69) is 30.3 Å². The van der Waals surface area contributed by atoms with Gasteiger partial charge in [0.1, 0.15) is 0 Å². The molecule has 2 heterocycles. The Hall–Kier alpha value is -0.570. The Labute approximate surface area is 88.4 Å². The summed E-state index contributed by atoms with van der Waals surface area (Å²) in [6.07, 6.45) is 0. The average Bonchev–Trinajstić information content (AvgIpc) is 2.60. The zero-order chi connectivity index (χ0) is 8.84. The first kappa shape index (κ1) is 7.80. The van der Waals surface area contributed by atoms with Crippen LogP contribution in [0.3, 0.4) is 0 Å². The van der Waals surface area contributed by atoms with Gasteiger partial charge in [-0.15, -0.1) is 22.7 Å². The summed E-state index contributed by atoms with van der Waals surface area (Å²) in [6, 6.07) is 10.5. The van der Waals surface area contributed by atoms with Crippen molar-refractivity contribution in [3.05, 3.63) is 34.7 Å². The van der Waals surface area contributed by atoms with E-state index in [1.165, 1.54) is 19.5 Å². The molecule has 0 N–H and O–H groups in total. The third kappa shape index (κ3) is 1.10. The van der Waals surface area contributed by atoms with Crippen molar-refractivity contribution < 1.29 is 0 Å². The van der Waals surface area contributed by atoms with Gasteiger partial charge in [0.2, 0.25) is 0 Å². The first-order chi connectivity index (χ1) is 6.34. The van der Waals surface area contributed by atoms with E-state index < -0.39 is 0 Å². The molecular formula is C10H5ClS2. The van der Waals surface area contributed by atoms with E-state index in [-0.39, 0.29) is 0 Å². The molecule has 0 spiro atoms. The number of hydrogen-bond acceptors (Lipinski definition) is 2. The van der Waals surface area contributed by atoms with Crippen LogP contribution in [-0.4, -0.2) is 0 Å². The number of thiophene rings is 2. The van der Waals surface area contributed by atoms with Gasteiger partial charge in [-0.05, 0) is 12.1 Å². The summed E-state index contributed by atoms with van der Waals surface area (Å²) >= 11 is 9.43. The van der Waals surface area contributed by atoms with Gasteiger partial charge in [-0.25, -0.2) is 0 Å². The summed E-state index contributed by atoms with van der Waals surface area (Å²) in [6.45, 7) is 0. The van der Waals surface area contributed by atoms with Crippen molar-refractivity contribution in [3.63, 3.8) is 0 Å². The number of rotatable bonds is 0. The van der Waals surface area contributed by atoms with Gasteiger partial charge >= 0.3 is 0 Å². The highest BCUT2D eigenvalue weighted by Crippen LogP contribution is 2.40. The maximum absolute atomic E-state index is 5.95. The zero-order valence-electron chi connectivity index (χ0n) is 6.58. The second-order valence-corrected chi connectivity index (χ2v) is 5.84. The number of hydrogen-bond donors (Lipinski definition) is 0. The summed E-state index contributed by atoms with van der Waals surface area (Å²) in [5.74, 6) is 0. The van der Waals surface area contributed by atoms with Crippen LogP contribution in [-0.2, 0) is 0 Å². The highest BCUT2D eigenvalue weighted by molar-refractivity contribution is 7.42. The molecule has 0 saturated carbocycles. The van der Waals surface area contributed by atoms with E-state index in [1.54, 1.807) is 11.3 Å². The van der Waals surface area contributed by atoms with E-state index in [1.807, 2.05) is 11.3 Å². The SMILES string of the molecule is Clc1cc2c(s1)sc1ccccc12. The lowest BCUT2D eigenvalue weighted by Gasteiger charge is -1.85. The third-order valence-corrected chi connectivity index (χ3v) is 4.59. The Balaban J connectivity index is 2.60. The molecule has 0 unspecified atom stereocenters. The molecule has 0 saturated heterocycles. The smallest absolute Gasteiger partial charge is 0.0949 e. The molecule has 0 aliphatic rings. The molecule has 3 aromatic rings. The van der Waals surface area contributed by atoms with Gasteiger partial charge in [-0.2, -0.15) is 0 Å². The third-order valence-electron chi connectivity index (χ3n) is 2.05. The fourth-order valence-corrected chi connectivity index (χ4v) is 4.22. The lowest BCUT2D eigenvalue weighted by atomic mass is 10.2. The maximum Gasteiger partial charge on any atom is 0.0949 e. The quantitative estimate of drug-likeness (QED) is 0.516. The van der Waals surface area contributed by atoms with Crippen LogP contribution in [0.15, 0.2) is 30.3 Å². The minimum atomic E-state index is 0.881. The lowest BCUT2D eigenvalue weighted by molar-refractivity contribution is 1.87. The van der Waals surface area contributed by atoms with Crippen LogP contribution >= 0.6 is 34.3 Å². The minimum Gasteiger partial charge on any atom is -0.124 e. The molecule has 3 heteroatoms. The Morgan fingerprint density at radius 2 is 1.85 bits per heavy atom. The van der Waals surface area contributed by atoms with Crippen molar-refractivity contribution >= 4 is 53.8 Å². The van der Waals surface area contributed by atoms with Gasteiger partial charge in [0.25, 0.3) is 0 Å². The molecule has 64 valence electrons. The largest absolute Gasteiger partial charge is 0.124 e. The molecule has 0 fully saturated rings. The van der Waals surface area contributed by atoms with Gasteiger partial charge in [-0.1, -0.05) is 29.8 Å². The first-order valence-electron chi connectivity index (χ1n) is 3.91. The molecule has 2 aromatic heterocycles. The molecule has 0 nitrogen and oxygen atoms in total. The van der Waals surface area contributed by atoms with E-state index in [0.717, 1.165) is 4.34 Å². The lowest BCUT2D eigenvalue weighted by Crippen LogP contribution is -1.59. The van der Waals surface area contributed by atoms with E-state index in [0.29, 0.717) is 0 Å². The van der Waals surface area contributed by atoms with Crippen molar-refractivity contribution in [1.29, 1.82) is 0 Å². The standard InChI is InChI=1S/C10H5ClS2/c11-9-5-7-6-3-1-2-4-8(6)12-10(7)13-9/h1-5H. The Morgan fingerprint density at radius 3 is 2.77 bits per heavy atom. The van der Waals surface area contributed by atoms with Gasteiger partial charge in [0.15, 0.2) is 0 Å². The molecule has 3 rings (SSSR count). The summed E-state index contributed by atoms with van der Waals surface area (Å²) < 4.78 is 3.55. The molecule has 13 heavy (non-hydrogen) atoms. The van der Waals surface area contributed by atoms with Crippen molar-refractivity contribution in [3.8, 4) is 0 Å². The maximum atomic E-state index is 5.95. The van der Waals surface area contributed by atoms with Crippen LogP contribution in [0.1, 0.15) is 0 Å². The van der Waals surface area contributed by atoms with Crippen molar-refractivity contribution in [2.45, 2.75) is 0 Å². The molecule has 0 aliphatic carbocycles. The highest BCUT2D eigenvalue weighted by Gasteiger charge is 2.06. The van der Waals surface area contributed by atoms with Gasteiger partial charge in [0, 0.05) is 15.5 Å². The molecular weight excluding hydrogens is 220 g/mol. The minimum absolute atomic E-state index is 0.881. The Bertz CT molecular complexity index is 577. The molecule has 0 aliphatic heterocycles. The second-order valence-electron chi connectivity index (χ2n) is 2.85. The number of halogens is 1. The van der Waals surface area contributed by atoms with Gasteiger partial charge in [0.05, 0.1) is 8.35 Å². The summed E-state index contributed by atoms with van der Waals surface area (Å²) in [7, 11) is 0. The van der Waals surface area contributed by atoms with Crippen molar-refractivity contribution in [1.82, 2.24) is 0 Å².